The lowest BCUT2D eigenvalue weighted by Crippen LogP contribution is -2.47. The van der Waals surface area contributed by atoms with Gasteiger partial charge in [-0.2, -0.15) is 0 Å². The lowest BCUT2D eigenvalue weighted by atomic mass is 10.0. The average Bonchev–Trinajstić information content (AvgIpc) is 3.11. The minimum atomic E-state index is -1.86. The van der Waals surface area contributed by atoms with E-state index < -0.39 is 24.1 Å². The first kappa shape index (κ1) is 24.4. The molecule has 0 bridgehead atoms. The van der Waals surface area contributed by atoms with E-state index in [1.54, 1.807) is 0 Å². The number of rotatable bonds is 1. The molecular formula is C22H41O4P2S2+. The zero-order valence-corrected chi connectivity index (χ0v) is 23.8. The van der Waals surface area contributed by atoms with Gasteiger partial charge in [0.15, 0.2) is 11.6 Å². The van der Waals surface area contributed by atoms with E-state index in [-0.39, 0.29) is 46.0 Å². The molecular weight excluding hydrogens is 454 g/mol. The number of thiol groups is 1. The Hall–Kier alpha value is 1.27. The summed E-state index contributed by atoms with van der Waals surface area (Å²) >= 11 is 12.2. The second kappa shape index (κ2) is 6.91. The highest BCUT2D eigenvalue weighted by molar-refractivity contribution is 8.54. The molecule has 0 saturated carbocycles. The first-order valence-electron chi connectivity index (χ1n) is 11.2. The number of hydrogen-bond donors (Lipinski definition) is 1. The average molecular weight is 496 g/mol. The van der Waals surface area contributed by atoms with Crippen molar-refractivity contribution in [2.45, 2.75) is 127 Å². The van der Waals surface area contributed by atoms with Crippen LogP contribution in [0.4, 0.5) is 0 Å². The smallest absolute Gasteiger partial charge is 0.164 e. The summed E-state index contributed by atoms with van der Waals surface area (Å²) in [6.07, 6.45) is 2.15. The highest BCUT2D eigenvalue weighted by Crippen LogP contribution is 2.86. The molecule has 8 atom stereocenters. The van der Waals surface area contributed by atoms with Gasteiger partial charge in [-0.1, -0.05) is 32.6 Å². The van der Waals surface area contributed by atoms with Crippen molar-refractivity contribution in [3.8, 4) is 0 Å². The summed E-state index contributed by atoms with van der Waals surface area (Å²) < 4.78 is 26.1. The fourth-order valence-corrected chi connectivity index (χ4v) is 18.5. The van der Waals surface area contributed by atoms with Gasteiger partial charge in [-0.3, -0.25) is 0 Å². The van der Waals surface area contributed by atoms with Gasteiger partial charge in [0, 0.05) is 18.4 Å². The summed E-state index contributed by atoms with van der Waals surface area (Å²) in [6.45, 7) is 20.4. The molecule has 30 heavy (non-hydrogen) atoms. The van der Waals surface area contributed by atoms with Gasteiger partial charge in [-0.25, -0.2) is 0 Å². The third kappa shape index (κ3) is 3.54. The number of fused-ring (bicyclic) bond motifs is 2. The minimum Gasteiger partial charge on any atom is -0.344 e. The molecule has 4 saturated heterocycles. The van der Waals surface area contributed by atoms with Crippen molar-refractivity contribution in [2.24, 2.45) is 0 Å². The van der Waals surface area contributed by atoms with Crippen LogP contribution < -0.4 is 0 Å². The quantitative estimate of drug-likeness (QED) is 0.371. The van der Waals surface area contributed by atoms with Crippen LogP contribution in [0.5, 0.6) is 0 Å². The van der Waals surface area contributed by atoms with Gasteiger partial charge >= 0.3 is 0 Å². The van der Waals surface area contributed by atoms with Crippen molar-refractivity contribution in [1.82, 2.24) is 0 Å². The zero-order valence-electron chi connectivity index (χ0n) is 20.3. The molecule has 4 aliphatic rings. The maximum absolute atomic E-state index is 6.67. The van der Waals surface area contributed by atoms with Crippen molar-refractivity contribution in [1.29, 1.82) is 0 Å². The molecule has 0 spiro atoms. The Morgan fingerprint density at radius 3 is 1.87 bits per heavy atom. The highest BCUT2D eigenvalue weighted by atomic mass is 32.7. The normalized spacial score (nSPS) is 50.0. The zero-order chi connectivity index (χ0) is 22.7. The van der Waals surface area contributed by atoms with Gasteiger partial charge < -0.3 is 18.9 Å². The Labute approximate surface area is 194 Å². The van der Waals surface area contributed by atoms with E-state index in [2.05, 4.69) is 41.5 Å². The van der Waals surface area contributed by atoms with Crippen molar-refractivity contribution in [3.63, 3.8) is 0 Å². The van der Waals surface area contributed by atoms with Gasteiger partial charge in [0.1, 0.15) is 17.9 Å². The van der Waals surface area contributed by atoms with E-state index in [0.717, 1.165) is 12.3 Å². The van der Waals surface area contributed by atoms with Crippen LogP contribution in [0.25, 0.3) is 0 Å². The van der Waals surface area contributed by atoms with Crippen LogP contribution in [0.1, 0.15) is 69.2 Å². The van der Waals surface area contributed by atoms with Gasteiger partial charge in [0.2, 0.25) is 0 Å². The maximum atomic E-state index is 6.67. The largest absolute Gasteiger partial charge is 0.344 e. The summed E-state index contributed by atoms with van der Waals surface area (Å²) in [5.41, 5.74) is 0.516. The molecule has 0 aromatic carbocycles. The van der Waals surface area contributed by atoms with Crippen LogP contribution in [0.2, 0.25) is 0 Å². The van der Waals surface area contributed by atoms with Crippen LogP contribution in [0.15, 0.2) is 0 Å². The predicted molar refractivity (Wildman–Crippen MR) is 135 cm³/mol. The Bertz CT molecular complexity index is 772. The minimum absolute atomic E-state index is 0.0231. The van der Waals surface area contributed by atoms with Gasteiger partial charge in [0.05, 0.1) is 35.6 Å². The SMILES string of the molecule is CC1(C)O[C@@H]2[C@H]([C@H]3[C@H]4OC(C)(C)O[C@@H]4C[P+]3(S)C(C)(C)C)[P@@](=S)(C(C)(C)C)C[C@H]2O1. The van der Waals surface area contributed by atoms with Gasteiger partial charge in [-0.15, -0.1) is 0 Å². The first-order valence-corrected chi connectivity index (χ1v) is 17.5. The van der Waals surface area contributed by atoms with Crippen molar-refractivity contribution in [2.75, 3.05) is 12.3 Å². The Morgan fingerprint density at radius 2 is 1.37 bits per heavy atom. The molecule has 0 N–H and O–H groups in total. The van der Waals surface area contributed by atoms with Crippen LogP contribution in [0.3, 0.4) is 0 Å². The lowest BCUT2D eigenvalue weighted by Gasteiger charge is -2.46. The summed E-state index contributed by atoms with van der Waals surface area (Å²) in [4.78, 5) is 0. The second-order valence-corrected chi connectivity index (χ2v) is 24.5. The maximum Gasteiger partial charge on any atom is 0.164 e. The predicted octanol–water partition coefficient (Wildman–Crippen LogP) is 5.73. The molecule has 0 amide bonds. The summed E-state index contributed by atoms with van der Waals surface area (Å²) in [5, 5.41) is 0.116. The van der Waals surface area contributed by atoms with Crippen LogP contribution in [-0.2, 0) is 30.8 Å². The Balaban J connectivity index is 1.86. The van der Waals surface area contributed by atoms with E-state index in [0.29, 0.717) is 0 Å². The van der Waals surface area contributed by atoms with E-state index in [4.69, 9.17) is 43.0 Å². The number of hydrogen-bond acceptors (Lipinski definition) is 6. The Morgan fingerprint density at radius 1 is 0.867 bits per heavy atom. The molecule has 4 aliphatic heterocycles. The molecule has 4 nitrogen and oxygen atoms in total. The highest BCUT2D eigenvalue weighted by Gasteiger charge is 2.75. The molecule has 0 aromatic heterocycles. The van der Waals surface area contributed by atoms with Crippen molar-refractivity contribution in [3.05, 3.63) is 0 Å². The molecule has 8 heteroatoms. The Kier molecular flexibility index (Phi) is 5.62. The van der Waals surface area contributed by atoms with Gasteiger partial charge in [0.25, 0.3) is 0 Å². The monoisotopic (exact) mass is 495 g/mol. The third-order valence-electron chi connectivity index (χ3n) is 7.65. The number of ether oxygens (including phenoxy) is 4. The standard InChI is InChI=1S/C22H41O4P2S2/c1-19(2,3)27(29)11-13-15(25-21(7,8)23-13)17(27)18-16-14(24-22(9,10)26-16)12-28(18,30)20(4,5)6/h13-18,29H,11-12H2,1-10H3/q+1/t13-,14-,15+,16+,17-,18-,27?,28-/m1/s1. The molecule has 4 heterocycles. The summed E-state index contributed by atoms with van der Waals surface area (Å²) in [6, 6.07) is -1.86. The van der Waals surface area contributed by atoms with E-state index in [9.17, 15) is 0 Å². The molecule has 4 fully saturated rings. The fraction of sp³-hybridized carbons (Fsp3) is 1.00. The molecule has 0 aromatic rings. The van der Waals surface area contributed by atoms with Crippen molar-refractivity contribution >= 4 is 36.6 Å². The van der Waals surface area contributed by atoms with Crippen LogP contribution >= 0.6 is 24.8 Å². The van der Waals surface area contributed by atoms with E-state index >= 15 is 0 Å². The molecule has 0 aliphatic carbocycles. The van der Waals surface area contributed by atoms with Crippen LogP contribution in [0, 0.1) is 0 Å². The molecule has 4 rings (SSSR count). The summed E-state index contributed by atoms with van der Waals surface area (Å²) in [5.74, 6) is -1.12. The first-order chi connectivity index (χ1) is 13.3. The van der Waals surface area contributed by atoms with E-state index in [1.807, 2.05) is 27.7 Å². The van der Waals surface area contributed by atoms with Crippen LogP contribution in [-0.4, -0.2) is 69.9 Å². The molecule has 0 radical (unpaired) electrons. The lowest BCUT2D eigenvalue weighted by molar-refractivity contribution is -0.151. The fourth-order valence-electron chi connectivity index (χ4n) is 6.18. The van der Waals surface area contributed by atoms with E-state index in [1.165, 1.54) is 0 Å². The topological polar surface area (TPSA) is 36.9 Å². The third-order valence-corrected chi connectivity index (χ3v) is 23.4. The second-order valence-electron chi connectivity index (χ2n) is 12.6. The summed E-state index contributed by atoms with van der Waals surface area (Å²) in [7, 11) is 0. The van der Waals surface area contributed by atoms with Crippen molar-refractivity contribution < 1.29 is 18.9 Å². The molecule has 174 valence electrons. The van der Waals surface area contributed by atoms with Gasteiger partial charge in [-0.05, 0) is 59.7 Å². The molecule has 1 unspecified atom stereocenters.